The van der Waals surface area contributed by atoms with E-state index in [0.29, 0.717) is 13.0 Å². The standard InChI is InChI=1S/C5H8FNO/c6-2-1-4-3-7-5(4)8/h4H,1-3H2,(H,7,8). The lowest BCUT2D eigenvalue weighted by Crippen LogP contribution is -2.48. The molecule has 1 rings (SSSR count). The van der Waals surface area contributed by atoms with Crippen molar-refractivity contribution in [2.24, 2.45) is 5.92 Å². The average Bonchev–Trinajstić information content (AvgIpc) is 1.79. The van der Waals surface area contributed by atoms with Crippen LogP contribution in [0.25, 0.3) is 0 Å². The fraction of sp³-hybridized carbons (Fsp3) is 0.800. The predicted molar refractivity (Wildman–Crippen MR) is 27.1 cm³/mol. The molecule has 0 aromatic carbocycles. The zero-order valence-corrected chi connectivity index (χ0v) is 4.48. The van der Waals surface area contributed by atoms with E-state index < -0.39 is 0 Å². The number of nitrogens with one attached hydrogen (secondary N) is 1. The largest absolute Gasteiger partial charge is 0.355 e. The lowest BCUT2D eigenvalue weighted by atomic mass is 9.99. The highest BCUT2D eigenvalue weighted by molar-refractivity contribution is 5.84. The van der Waals surface area contributed by atoms with Gasteiger partial charge < -0.3 is 5.32 Å². The first kappa shape index (κ1) is 5.54. The van der Waals surface area contributed by atoms with Crippen LogP contribution in [-0.2, 0) is 4.79 Å². The normalized spacial score (nSPS) is 26.6. The molecule has 1 N–H and O–H groups in total. The Hall–Kier alpha value is -0.600. The molecule has 1 saturated heterocycles. The summed E-state index contributed by atoms with van der Waals surface area (Å²) in [6.45, 7) is 0.292. The maximum absolute atomic E-state index is 11.5. The smallest absolute Gasteiger partial charge is 0.225 e. The molecule has 2 nitrogen and oxygen atoms in total. The van der Waals surface area contributed by atoms with Gasteiger partial charge in [-0.15, -0.1) is 0 Å². The van der Waals surface area contributed by atoms with Gasteiger partial charge in [-0.2, -0.15) is 0 Å². The molecule has 0 aromatic rings. The van der Waals surface area contributed by atoms with E-state index in [2.05, 4.69) is 5.32 Å². The van der Waals surface area contributed by atoms with Crippen LogP contribution in [0, 0.1) is 5.92 Å². The molecule has 1 heterocycles. The molecule has 0 bridgehead atoms. The quantitative estimate of drug-likeness (QED) is 0.510. The predicted octanol–water partition coefficient (Wildman–Crippen LogP) is 0.0920. The van der Waals surface area contributed by atoms with Crippen molar-refractivity contribution in [1.29, 1.82) is 0 Å². The highest BCUT2D eigenvalue weighted by Crippen LogP contribution is 2.09. The molecule has 1 aliphatic heterocycles. The van der Waals surface area contributed by atoms with Gasteiger partial charge in [-0.3, -0.25) is 9.18 Å². The summed E-state index contributed by atoms with van der Waals surface area (Å²) in [7, 11) is 0. The Labute approximate surface area is 47.1 Å². The highest BCUT2D eigenvalue weighted by Gasteiger charge is 2.26. The number of hydrogen-bond acceptors (Lipinski definition) is 1. The van der Waals surface area contributed by atoms with Gasteiger partial charge in [0.15, 0.2) is 0 Å². The van der Waals surface area contributed by atoms with Gasteiger partial charge in [0.1, 0.15) is 0 Å². The third-order valence-electron chi connectivity index (χ3n) is 1.35. The Morgan fingerprint density at radius 2 is 2.62 bits per heavy atom. The van der Waals surface area contributed by atoms with E-state index in [1.165, 1.54) is 0 Å². The van der Waals surface area contributed by atoms with Crippen molar-refractivity contribution in [3.63, 3.8) is 0 Å². The van der Waals surface area contributed by atoms with Gasteiger partial charge in [0.2, 0.25) is 5.91 Å². The minimum absolute atomic E-state index is 0.00245. The van der Waals surface area contributed by atoms with Gasteiger partial charge >= 0.3 is 0 Å². The molecule has 3 heteroatoms. The van der Waals surface area contributed by atoms with Crippen LogP contribution in [0.1, 0.15) is 6.42 Å². The Kier molecular flexibility index (Phi) is 1.46. The molecular formula is C5H8FNO. The fourth-order valence-corrected chi connectivity index (χ4v) is 0.695. The summed E-state index contributed by atoms with van der Waals surface area (Å²) in [6, 6.07) is 0. The molecule has 1 amide bonds. The SMILES string of the molecule is O=C1NCC1CCF. The van der Waals surface area contributed by atoms with Crippen molar-refractivity contribution in [1.82, 2.24) is 5.32 Å². The second kappa shape index (κ2) is 2.11. The third-order valence-corrected chi connectivity index (χ3v) is 1.35. The lowest BCUT2D eigenvalue weighted by Gasteiger charge is -2.24. The van der Waals surface area contributed by atoms with E-state index in [9.17, 15) is 9.18 Å². The number of hydrogen-bond donors (Lipinski definition) is 1. The summed E-state index contributed by atoms with van der Waals surface area (Å²) in [5.41, 5.74) is 0. The molecule has 0 radical (unpaired) electrons. The number of halogens is 1. The van der Waals surface area contributed by atoms with Crippen LogP contribution in [0.5, 0.6) is 0 Å². The Bertz CT molecular complexity index is 105. The topological polar surface area (TPSA) is 29.1 Å². The van der Waals surface area contributed by atoms with Crippen molar-refractivity contribution in [2.75, 3.05) is 13.2 Å². The van der Waals surface area contributed by atoms with Gasteiger partial charge in [-0.05, 0) is 6.42 Å². The van der Waals surface area contributed by atoms with Crippen molar-refractivity contribution >= 4 is 5.91 Å². The zero-order chi connectivity index (χ0) is 5.98. The van der Waals surface area contributed by atoms with Crippen LogP contribution >= 0.6 is 0 Å². The average molecular weight is 117 g/mol. The number of carbonyl (C=O) groups is 1. The lowest BCUT2D eigenvalue weighted by molar-refractivity contribution is -0.131. The molecule has 0 aliphatic carbocycles. The van der Waals surface area contributed by atoms with Gasteiger partial charge in [-0.25, -0.2) is 0 Å². The molecule has 0 saturated carbocycles. The Morgan fingerprint density at radius 1 is 1.88 bits per heavy atom. The molecule has 1 atom stereocenters. The van der Waals surface area contributed by atoms with Crippen LogP contribution in [-0.4, -0.2) is 19.1 Å². The molecule has 8 heavy (non-hydrogen) atoms. The van der Waals surface area contributed by atoms with Crippen molar-refractivity contribution in [3.8, 4) is 0 Å². The second-order valence-corrected chi connectivity index (χ2v) is 1.92. The molecule has 1 unspecified atom stereocenters. The summed E-state index contributed by atoms with van der Waals surface area (Å²) in [4.78, 5) is 10.3. The Morgan fingerprint density at radius 3 is 2.75 bits per heavy atom. The first-order valence-electron chi connectivity index (χ1n) is 2.68. The second-order valence-electron chi connectivity index (χ2n) is 1.92. The van der Waals surface area contributed by atoms with Crippen LogP contribution in [0.4, 0.5) is 4.39 Å². The first-order chi connectivity index (χ1) is 3.84. The number of β-lactam (4-membered cyclic amide) rings is 1. The fourth-order valence-electron chi connectivity index (χ4n) is 0.695. The summed E-state index contributed by atoms with van der Waals surface area (Å²) >= 11 is 0. The van der Waals surface area contributed by atoms with Crippen LogP contribution in [0.2, 0.25) is 0 Å². The summed E-state index contributed by atoms with van der Waals surface area (Å²) < 4.78 is 11.5. The van der Waals surface area contributed by atoms with Gasteiger partial charge in [-0.1, -0.05) is 0 Å². The Balaban J connectivity index is 2.17. The number of amides is 1. The highest BCUT2D eigenvalue weighted by atomic mass is 19.1. The molecule has 0 spiro atoms. The van der Waals surface area contributed by atoms with Crippen LogP contribution in [0.15, 0.2) is 0 Å². The zero-order valence-electron chi connectivity index (χ0n) is 4.48. The van der Waals surface area contributed by atoms with Crippen molar-refractivity contribution < 1.29 is 9.18 Å². The number of carbonyl (C=O) groups excluding carboxylic acids is 1. The van der Waals surface area contributed by atoms with Gasteiger partial charge in [0.25, 0.3) is 0 Å². The van der Waals surface area contributed by atoms with Crippen LogP contribution < -0.4 is 5.32 Å². The third kappa shape index (κ3) is 0.804. The van der Waals surface area contributed by atoms with E-state index >= 15 is 0 Å². The summed E-state index contributed by atoms with van der Waals surface area (Å²) in [5, 5.41) is 2.54. The van der Waals surface area contributed by atoms with Crippen molar-refractivity contribution in [2.45, 2.75) is 6.42 Å². The maximum Gasteiger partial charge on any atom is 0.225 e. The van der Waals surface area contributed by atoms with Crippen molar-refractivity contribution in [3.05, 3.63) is 0 Å². The minimum atomic E-state index is -0.377. The molecule has 1 fully saturated rings. The summed E-state index contributed by atoms with van der Waals surface area (Å²) in [6.07, 6.45) is 0.395. The molecule has 0 aromatic heterocycles. The van der Waals surface area contributed by atoms with E-state index in [4.69, 9.17) is 0 Å². The molecule has 1 aliphatic rings. The molecule has 46 valence electrons. The number of rotatable bonds is 2. The van der Waals surface area contributed by atoms with E-state index in [1.807, 2.05) is 0 Å². The van der Waals surface area contributed by atoms with E-state index in [1.54, 1.807) is 0 Å². The maximum atomic E-state index is 11.5. The van der Waals surface area contributed by atoms with Crippen LogP contribution in [0.3, 0.4) is 0 Å². The number of alkyl halides is 1. The monoisotopic (exact) mass is 117 g/mol. The van der Waals surface area contributed by atoms with Gasteiger partial charge in [0.05, 0.1) is 12.6 Å². The first-order valence-corrected chi connectivity index (χ1v) is 2.68. The van der Waals surface area contributed by atoms with E-state index in [0.717, 1.165) is 0 Å². The van der Waals surface area contributed by atoms with Gasteiger partial charge in [0, 0.05) is 6.54 Å². The summed E-state index contributed by atoms with van der Waals surface area (Å²) in [5.74, 6) is -0.0253. The minimum Gasteiger partial charge on any atom is -0.355 e. The van der Waals surface area contributed by atoms with E-state index in [-0.39, 0.29) is 18.5 Å². The molecular weight excluding hydrogens is 109 g/mol.